The second-order valence-electron chi connectivity index (χ2n) is 5.88. The molecule has 126 valence electrons. The van der Waals surface area contributed by atoms with Crippen LogP contribution in [0, 0.1) is 20.8 Å². The number of thiazole rings is 1. The van der Waals surface area contributed by atoms with Crippen LogP contribution in [-0.2, 0) is 0 Å². The van der Waals surface area contributed by atoms with Crippen molar-refractivity contribution in [1.82, 2.24) is 20.1 Å². The normalized spacial score (nSPS) is 11.3. The van der Waals surface area contributed by atoms with Crippen LogP contribution in [0.3, 0.4) is 0 Å². The van der Waals surface area contributed by atoms with Crippen LogP contribution in [-0.4, -0.2) is 20.1 Å². The van der Waals surface area contributed by atoms with Gasteiger partial charge in [0.05, 0.1) is 27.3 Å². The van der Waals surface area contributed by atoms with Gasteiger partial charge >= 0.3 is 0 Å². The topological polar surface area (TPSA) is 111 Å². The highest BCUT2D eigenvalue weighted by Gasteiger charge is 2.19. The molecule has 4 aromatic rings. The zero-order valence-corrected chi connectivity index (χ0v) is 14.7. The van der Waals surface area contributed by atoms with Crippen molar-refractivity contribution in [2.75, 3.05) is 5.73 Å². The van der Waals surface area contributed by atoms with Gasteiger partial charge in [0.2, 0.25) is 0 Å². The Morgan fingerprint density at radius 1 is 1.16 bits per heavy atom. The van der Waals surface area contributed by atoms with E-state index in [1.165, 1.54) is 11.3 Å². The third-order valence-corrected chi connectivity index (χ3v) is 5.06. The van der Waals surface area contributed by atoms with Gasteiger partial charge in [-0.15, -0.1) is 11.3 Å². The maximum atomic E-state index is 12.6. The Labute approximate surface area is 146 Å². The van der Waals surface area contributed by atoms with Gasteiger partial charge < -0.3 is 15.2 Å². The summed E-state index contributed by atoms with van der Waals surface area (Å²) in [6.45, 7) is 5.62. The molecule has 0 saturated heterocycles. The first-order valence-electron chi connectivity index (χ1n) is 7.63. The van der Waals surface area contributed by atoms with Crippen LogP contribution in [0.5, 0.6) is 0 Å². The van der Waals surface area contributed by atoms with Gasteiger partial charge in [-0.2, -0.15) is 0 Å². The smallest absolute Gasteiger partial charge is 0.260 e. The van der Waals surface area contributed by atoms with E-state index in [9.17, 15) is 4.79 Å². The van der Waals surface area contributed by atoms with Crippen molar-refractivity contribution in [3.63, 3.8) is 0 Å². The van der Waals surface area contributed by atoms with E-state index >= 15 is 0 Å². The van der Waals surface area contributed by atoms with Crippen molar-refractivity contribution >= 4 is 28.1 Å². The molecule has 0 aromatic carbocycles. The Morgan fingerprint density at radius 2 is 1.96 bits per heavy atom. The summed E-state index contributed by atoms with van der Waals surface area (Å²) in [4.78, 5) is 25.0. The molecule has 3 N–H and O–H groups in total. The molecule has 0 amide bonds. The first-order chi connectivity index (χ1) is 12.0. The monoisotopic (exact) mass is 353 g/mol. The average Bonchev–Trinajstić information content (AvgIpc) is 3.14. The minimum atomic E-state index is -0.280. The van der Waals surface area contributed by atoms with Gasteiger partial charge in [-0.1, -0.05) is 5.16 Å². The number of anilines is 1. The van der Waals surface area contributed by atoms with Crippen molar-refractivity contribution < 1.29 is 4.52 Å². The van der Waals surface area contributed by atoms with Gasteiger partial charge in [-0.25, -0.2) is 4.98 Å². The number of aromatic amines is 1. The van der Waals surface area contributed by atoms with Crippen molar-refractivity contribution in [3.05, 3.63) is 45.8 Å². The van der Waals surface area contributed by atoms with Gasteiger partial charge in [0, 0.05) is 12.4 Å². The number of aryl methyl sites for hydroxylation is 3. The Balaban J connectivity index is 1.91. The van der Waals surface area contributed by atoms with E-state index < -0.39 is 0 Å². The van der Waals surface area contributed by atoms with Crippen molar-refractivity contribution in [2.24, 2.45) is 0 Å². The summed E-state index contributed by atoms with van der Waals surface area (Å²) in [6.07, 6.45) is 3.43. The largest absolute Gasteiger partial charge is 0.396 e. The minimum Gasteiger partial charge on any atom is -0.396 e. The first-order valence-corrected chi connectivity index (χ1v) is 8.45. The zero-order valence-electron chi connectivity index (χ0n) is 13.9. The molecule has 0 radical (unpaired) electrons. The van der Waals surface area contributed by atoms with Gasteiger partial charge in [0.1, 0.15) is 21.8 Å². The van der Waals surface area contributed by atoms with Gasteiger partial charge in [0.25, 0.3) is 5.56 Å². The number of nitrogens with zero attached hydrogens (tertiary/aromatic N) is 3. The number of fused-ring (bicyclic) bond motifs is 1. The summed E-state index contributed by atoms with van der Waals surface area (Å²) >= 11 is 1.37. The fourth-order valence-corrected chi connectivity index (χ4v) is 3.97. The summed E-state index contributed by atoms with van der Waals surface area (Å²) in [7, 11) is 0. The molecule has 7 nitrogen and oxygen atoms in total. The summed E-state index contributed by atoms with van der Waals surface area (Å²) in [5.41, 5.74) is 10.4. The highest BCUT2D eigenvalue weighted by atomic mass is 32.1. The highest BCUT2D eigenvalue weighted by molar-refractivity contribution is 7.18. The van der Waals surface area contributed by atoms with E-state index in [-0.39, 0.29) is 5.56 Å². The Bertz CT molecular complexity index is 1150. The average molecular weight is 353 g/mol. The Morgan fingerprint density at radius 3 is 2.68 bits per heavy atom. The SMILES string of the molecule is Cc1cnc2c(N)c(-c3ncc(-c4c(C)noc4C)s3)c(=O)[nH]c2c1. The molecule has 0 saturated carbocycles. The number of nitrogens with one attached hydrogen (secondary N) is 1. The lowest BCUT2D eigenvalue weighted by molar-refractivity contribution is 0.393. The molecule has 0 aliphatic heterocycles. The van der Waals surface area contributed by atoms with E-state index in [1.54, 1.807) is 12.4 Å². The molecule has 4 aromatic heterocycles. The van der Waals surface area contributed by atoms with Crippen molar-refractivity contribution in [1.29, 1.82) is 0 Å². The second-order valence-corrected chi connectivity index (χ2v) is 6.91. The van der Waals surface area contributed by atoms with E-state index in [1.807, 2.05) is 26.8 Å². The summed E-state index contributed by atoms with van der Waals surface area (Å²) in [6, 6.07) is 1.85. The van der Waals surface area contributed by atoms with E-state index in [0.717, 1.165) is 21.7 Å². The fourth-order valence-electron chi connectivity index (χ4n) is 2.86. The first kappa shape index (κ1) is 15.5. The summed E-state index contributed by atoms with van der Waals surface area (Å²) < 4.78 is 5.21. The lowest BCUT2D eigenvalue weighted by atomic mass is 10.1. The molecule has 0 aliphatic rings. The van der Waals surface area contributed by atoms with E-state index in [4.69, 9.17) is 10.3 Å². The fraction of sp³-hybridized carbons (Fsp3) is 0.176. The van der Waals surface area contributed by atoms with Crippen LogP contribution in [0.4, 0.5) is 5.69 Å². The van der Waals surface area contributed by atoms with E-state index in [0.29, 0.717) is 33.1 Å². The van der Waals surface area contributed by atoms with Crippen molar-refractivity contribution in [3.8, 4) is 21.0 Å². The number of nitrogens with two attached hydrogens (primary N) is 1. The number of aromatic nitrogens is 4. The molecular weight excluding hydrogens is 338 g/mol. The molecule has 0 unspecified atom stereocenters. The van der Waals surface area contributed by atoms with Crippen LogP contribution >= 0.6 is 11.3 Å². The Hall–Kier alpha value is -3.00. The standard InChI is InChI=1S/C17H15N5O2S/c1-7-4-10-15(19-5-7)14(18)13(16(23)21-10)17-20-6-11(25-17)12-8(2)22-24-9(12)3/h4-6H,1-3H3,(H3,18,21,23). The molecular formula is C17H15N5O2S. The third kappa shape index (κ3) is 2.42. The van der Waals surface area contributed by atoms with E-state index in [2.05, 4.69) is 20.1 Å². The third-order valence-electron chi connectivity index (χ3n) is 4.02. The van der Waals surface area contributed by atoms with Gasteiger partial charge in [-0.05, 0) is 32.4 Å². The van der Waals surface area contributed by atoms with Gasteiger partial charge in [-0.3, -0.25) is 9.78 Å². The Kier molecular flexibility index (Phi) is 3.43. The zero-order chi connectivity index (χ0) is 17.7. The predicted molar refractivity (Wildman–Crippen MR) is 97.6 cm³/mol. The minimum absolute atomic E-state index is 0.280. The molecule has 0 fully saturated rings. The predicted octanol–water partition coefficient (Wildman–Crippen LogP) is 3.21. The number of pyridine rings is 2. The summed E-state index contributed by atoms with van der Waals surface area (Å²) in [5.74, 6) is 0.713. The lowest BCUT2D eigenvalue weighted by Gasteiger charge is -2.06. The molecule has 0 bridgehead atoms. The number of hydrogen-bond donors (Lipinski definition) is 2. The number of nitrogen functional groups attached to an aromatic ring is 1. The second kappa shape index (κ2) is 5.52. The molecule has 0 aliphatic carbocycles. The molecule has 0 spiro atoms. The van der Waals surface area contributed by atoms with Crippen LogP contribution in [0.1, 0.15) is 17.0 Å². The number of hydrogen-bond acceptors (Lipinski definition) is 7. The van der Waals surface area contributed by atoms with Crippen LogP contribution in [0.15, 0.2) is 27.8 Å². The van der Waals surface area contributed by atoms with Gasteiger partial charge in [0.15, 0.2) is 0 Å². The quantitative estimate of drug-likeness (QED) is 0.572. The summed E-state index contributed by atoms with van der Waals surface area (Å²) in [5, 5.41) is 4.50. The molecule has 8 heteroatoms. The maximum absolute atomic E-state index is 12.6. The highest BCUT2D eigenvalue weighted by Crippen LogP contribution is 2.37. The van der Waals surface area contributed by atoms with Crippen LogP contribution < -0.4 is 11.3 Å². The number of rotatable bonds is 2. The van der Waals surface area contributed by atoms with Crippen LogP contribution in [0.25, 0.3) is 32.0 Å². The van der Waals surface area contributed by atoms with Crippen LogP contribution in [0.2, 0.25) is 0 Å². The number of H-pyrrole nitrogens is 1. The molecule has 0 atom stereocenters. The molecule has 4 rings (SSSR count). The lowest BCUT2D eigenvalue weighted by Crippen LogP contribution is -2.13. The molecule has 4 heterocycles. The molecule has 25 heavy (non-hydrogen) atoms. The maximum Gasteiger partial charge on any atom is 0.260 e. The van der Waals surface area contributed by atoms with Crippen molar-refractivity contribution in [2.45, 2.75) is 20.8 Å².